The summed E-state index contributed by atoms with van der Waals surface area (Å²) in [5, 5.41) is 14.2. The lowest BCUT2D eigenvalue weighted by molar-refractivity contribution is -0.137. The van der Waals surface area contributed by atoms with E-state index in [1.807, 2.05) is 94.7 Å². The first kappa shape index (κ1) is 32.8. The molecule has 3 aromatic carbocycles. The van der Waals surface area contributed by atoms with Crippen LogP contribution in [0, 0.1) is 0 Å². The fraction of sp³-hybridized carbons (Fsp3) is 0.389. The average Bonchev–Trinajstić information content (AvgIpc) is 3.38. The van der Waals surface area contributed by atoms with Gasteiger partial charge in [-0.05, 0) is 69.8 Å². The topological polar surface area (TPSA) is 97.9 Å². The highest BCUT2D eigenvalue weighted by atomic mass is 16.6. The molecule has 4 rings (SSSR count). The van der Waals surface area contributed by atoms with Gasteiger partial charge in [-0.3, -0.25) is 14.6 Å². The minimum absolute atomic E-state index is 0.0305. The summed E-state index contributed by atoms with van der Waals surface area (Å²) in [7, 11) is 2.04. The molecule has 1 aromatic heterocycles. The number of H-pyrrole nitrogens is 1. The van der Waals surface area contributed by atoms with E-state index < -0.39 is 11.6 Å². The summed E-state index contributed by atoms with van der Waals surface area (Å²) < 4.78 is 5.92. The van der Waals surface area contributed by atoms with E-state index in [1.54, 1.807) is 4.90 Å². The molecule has 234 valence electrons. The van der Waals surface area contributed by atoms with Crippen molar-refractivity contribution in [3.63, 3.8) is 0 Å². The second-order valence-electron chi connectivity index (χ2n) is 12.4. The zero-order valence-corrected chi connectivity index (χ0v) is 26.3. The van der Waals surface area contributed by atoms with E-state index in [9.17, 15) is 14.7 Å². The van der Waals surface area contributed by atoms with Gasteiger partial charge in [-0.25, -0.2) is 4.79 Å². The molecule has 2 atom stereocenters. The van der Waals surface area contributed by atoms with Crippen LogP contribution in [0.1, 0.15) is 50.3 Å². The molecule has 1 heterocycles. The number of rotatable bonds is 15. The summed E-state index contributed by atoms with van der Waals surface area (Å²) in [6, 6.07) is 28.2. The zero-order valence-electron chi connectivity index (χ0n) is 26.3. The Kier molecular flexibility index (Phi) is 11.6. The van der Waals surface area contributed by atoms with Crippen LogP contribution in [0.3, 0.4) is 0 Å². The average molecular weight is 599 g/mol. The number of nitrogens with one attached hydrogen (secondary N) is 2. The Labute approximate surface area is 261 Å². The van der Waals surface area contributed by atoms with E-state index in [0.717, 1.165) is 28.5 Å². The van der Waals surface area contributed by atoms with Gasteiger partial charge in [0.1, 0.15) is 5.60 Å². The number of hydrogen-bond donors (Lipinski definition) is 3. The van der Waals surface area contributed by atoms with Gasteiger partial charge >= 0.3 is 12.1 Å². The van der Waals surface area contributed by atoms with Crippen LogP contribution < -0.4 is 5.32 Å². The number of aryl methyl sites for hydroxylation is 1. The second kappa shape index (κ2) is 15.5. The Balaban J connectivity index is 1.54. The molecule has 0 aliphatic carbocycles. The van der Waals surface area contributed by atoms with Crippen molar-refractivity contribution in [1.29, 1.82) is 0 Å². The Morgan fingerprint density at radius 1 is 0.932 bits per heavy atom. The van der Waals surface area contributed by atoms with Gasteiger partial charge in [0.05, 0.1) is 12.6 Å². The third-order valence-corrected chi connectivity index (χ3v) is 7.65. The molecule has 44 heavy (non-hydrogen) atoms. The van der Waals surface area contributed by atoms with Gasteiger partial charge in [-0.15, -0.1) is 0 Å². The lowest BCUT2D eigenvalue weighted by Gasteiger charge is -2.39. The molecule has 0 aliphatic heterocycles. The van der Waals surface area contributed by atoms with E-state index in [2.05, 4.69) is 39.5 Å². The number of amides is 1. The lowest BCUT2D eigenvalue weighted by Crippen LogP contribution is -2.53. The number of aromatic amines is 1. The Morgan fingerprint density at radius 2 is 1.57 bits per heavy atom. The van der Waals surface area contributed by atoms with Crippen molar-refractivity contribution < 1.29 is 19.4 Å². The molecule has 4 aromatic rings. The number of fused-ring (bicyclic) bond motifs is 1. The third kappa shape index (κ3) is 9.96. The van der Waals surface area contributed by atoms with Crippen molar-refractivity contribution in [1.82, 2.24) is 20.1 Å². The molecule has 0 bridgehead atoms. The number of aromatic nitrogens is 1. The summed E-state index contributed by atoms with van der Waals surface area (Å²) in [6.07, 6.45) is 3.33. The summed E-state index contributed by atoms with van der Waals surface area (Å²) in [6.45, 7) is 7.06. The fourth-order valence-corrected chi connectivity index (χ4v) is 5.60. The molecule has 8 heteroatoms. The quantitative estimate of drug-likeness (QED) is 0.136. The molecule has 0 saturated carbocycles. The standard InChI is InChI=1S/C36H46N4O4/c1-36(2,3)44-35(43)40(22-21-37-30(24-34(41)42)23-29-25-38-32-18-12-11-17-31(29)32)33(20-19-27-13-7-5-8-14-27)39(4)26-28-15-9-6-10-16-28/h5-18,25,30,33,37-38H,19-24,26H2,1-4H3,(H,41,42)/t30-,33-/m0/s1. The van der Waals surface area contributed by atoms with Crippen molar-refractivity contribution in [3.05, 3.63) is 108 Å². The number of ether oxygens (including phenoxy) is 1. The second-order valence-corrected chi connectivity index (χ2v) is 12.4. The molecular weight excluding hydrogens is 552 g/mol. The number of carbonyl (C=O) groups excluding carboxylic acids is 1. The van der Waals surface area contributed by atoms with E-state index in [4.69, 9.17) is 4.74 Å². The number of hydrogen-bond acceptors (Lipinski definition) is 5. The summed E-state index contributed by atoms with van der Waals surface area (Å²) in [4.78, 5) is 32.9. The monoisotopic (exact) mass is 598 g/mol. The van der Waals surface area contributed by atoms with Crippen molar-refractivity contribution in [2.45, 2.75) is 70.8 Å². The maximum atomic E-state index is 13.8. The van der Waals surface area contributed by atoms with Gasteiger partial charge in [-0.2, -0.15) is 0 Å². The van der Waals surface area contributed by atoms with E-state index in [-0.39, 0.29) is 24.7 Å². The minimum Gasteiger partial charge on any atom is -0.481 e. The maximum absolute atomic E-state index is 13.8. The number of para-hydroxylation sites is 1. The van der Waals surface area contributed by atoms with Crippen LogP contribution in [-0.2, 0) is 28.9 Å². The first-order valence-corrected chi connectivity index (χ1v) is 15.4. The van der Waals surface area contributed by atoms with Crippen LogP contribution in [0.4, 0.5) is 4.79 Å². The molecule has 0 fully saturated rings. The number of benzene rings is 3. The number of carboxylic acid groups (broad SMARTS) is 1. The van der Waals surface area contributed by atoms with E-state index in [0.29, 0.717) is 32.5 Å². The molecule has 0 radical (unpaired) electrons. The van der Waals surface area contributed by atoms with Crippen molar-refractivity contribution in [2.24, 2.45) is 0 Å². The van der Waals surface area contributed by atoms with Crippen LogP contribution in [-0.4, -0.2) is 69.9 Å². The van der Waals surface area contributed by atoms with Gasteiger partial charge < -0.3 is 20.1 Å². The molecular formula is C36H46N4O4. The van der Waals surface area contributed by atoms with Crippen molar-refractivity contribution in [3.8, 4) is 0 Å². The summed E-state index contributed by atoms with van der Waals surface area (Å²) >= 11 is 0. The van der Waals surface area contributed by atoms with Gasteiger partial charge in [-0.1, -0.05) is 78.9 Å². The fourth-order valence-electron chi connectivity index (χ4n) is 5.60. The Bertz CT molecular complexity index is 1470. The number of nitrogens with zero attached hydrogens (tertiary/aromatic N) is 2. The van der Waals surface area contributed by atoms with Crippen LogP contribution >= 0.6 is 0 Å². The Morgan fingerprint density at radius 3 is 2.23 bits per heavy atom. The van der Waals surface area contributed by atoms with E-state index in [1.165, 1.54) is 5.56 Å². The predicted octanol–water partition coefficient (Wildman–Crippen LogP) is 6.47. The highest BCUT2D eigenvalue weighted by Gasteiger charge is 2.31. The number of aliphatic carboxylic acids is 1. The molecule has 0 aliphatic rings. The van der Waals surface area contributed by atoms with E-state index >= 15 is 0 Å². The van der Waals surface area contributed by atoms with Crippen molar-refractivity contribution in [2.75, 3.05) is 20.1 Å². The molecule has 3 N–H and O–H groups in total. The van der Waals surface area contributed by atoms with Crippen LogP contribution in [0.5, 0.6) is 0 Å². The van der Waals surface area contributed by atoms with Gasteiger partial charge in [0.15, 0.2) is 0 Å². The molecule has 8 nitrogen and oxygen atoms in total. The first-order chi connectivity index (χ1) is 21.1. The Hall–Kier alpha value is -4.14. The van der Waals surface area contributed by atoms with Crippen molar-refractivity contribution >= 4 is 23.0 Å². The predicted molar refractivity (Wildman–Crippen MR) is 175 cm³/mol. The number of carbonyl (C=O) groups is 2. The molecule has 0 unspecified atom stereocenters. The van der Waals surface area contributed by atoms with Gasteiger partial charge in [0.25, 0.3) is 0 Å². The third-order valence-electron chi connectivity index (χ3n) is 7.65. The van der Waals surface area contributed by atoms with Gasteiger partial charge in [0, 0.05) is 42.8 Å². The smallest absolute Gasteiger partial charge is 0.411 e. The number of carboxylic acids is 1. The van der Waals surface area contributed by atoms with Crippen LogP contribution in [0.25, 0.3) is 10.9 Å². The summed E-state index contributed by atoms with van der Waals surface area (Å²) in [5.74, 6) is -0.866. The molecule has 0 saturated heterocycles. The normalized spacial score (nSPS) is 13.1. The van der Waals surface area contributed by atoms with Crippen LogP contribution in [0.2, 0.25) is 0 Å². The lowest BCUT2D eigenvalue weighted by atomic mass is 10.0. The SMILES string of the molecule is CN(Cc1ccccc1)[C@H](CCc1ccccc1)N(CCN[C@H](CC(=O)O)Cc1c[nH]c2ccccc12)C(=O)OC(C)(C)C. The largest absolute Gasteiger partial charge is 0.481 e. The zero-order chi connectivity index (χ0) is 31.5. The highest BCUT2D eigenvalue weighted by molar-refractivity contribution is 5.83. The first-order valence-electron chi connectivity index (χ1n) is 15.4. The maximum Gasteiger partial charge on any atom is 0.411 e. The van der Waals surface area contributed by atoms with Gasteiger partial charge in [0.2, 0.25) is 0 Å². The minimum atomic E-state index is -0.866. The molecule has 0 spiro atoms. The van der Waals surface area contributed by atoms with Crippen LogP contribution in [0.15, 0.2) is 91.1 Å². The highest BCUT2D eigenvalue weighted by Crippen LogP contribution is 2.21. The molecule has 1 amide bonds. The summed E-state index contributed by atoms with van der Waals surface area (Å²) in [5.41, 5.74) is 3.78.